The third kappa shape index (κ3) is 2.28. The first-order valence-electron chi connectivity index (χ1n) is 7.34. The molecule has 1 aliphatic rings. The van der Waals surface area contributed by atoms with Crippen molar-refractivity contribution < 1.29 is 4.79 Å². The number of nitrogens with zero attached hydrogens (tertiary/aromatic N) is 5. The number of likely N-dealkylation sites (tertiary alicyclic amines) is 1. The molecule has 8 heteroatoms. The van der Waals surface area contributed by atoms with Crippen LogP contribution in [0.15, 0.2) is 41.7 Å². The maximum Gasteiger partial charge on any atom is 0.327 e. The number of H-pyrrole nitrogens is 1. The first-order chi connectivity index (χ1) is 11.2. The van der Waals surface area contributed by atoms with E-state index in [4.69, 9.17) is 0 Å². The molecule has 0 aromatic carbocycles. The minimum absolute atomic E-state index is 0.0862. The number of fused-ring (bicyclic) bond motifs is 1. The Labute approximate surface area is 130 Å². The lowest BCUT2D eigenvalue weighted by Gasteiger charge is -2.16. The molecule has 8 nitrogen and oxygen atoms in total. The van der Waals surface area contributed by atoms with Crippen molar-refractivity contribution in [2.24, 2.45) is 0 Å². The van der Waals surface area contributed by atoms with Gasteiger partial charge in [0.15, 0.2) is 5.65 Å². The molecular weight excluding hydrogens is 296 g/mol. The molecule has 3 aromatic rings. The highest BCUT2D eigenvalue weighted by molar-refractivity contribution is 5.92. The number of nitrogens with one attached hydrogen (secondary N) is 1. The number of hydrogen-bond acceptors (Lipinski definition) is 5. The SMILES string of the molecule is O=C(c1ccncn1)N1CC[C@@H](n2c(=O)[nH]c3cccnc32)C1. The quantitative estimate of drug-likeness (QED) is 0.747. The molecule has 0 bridgehead atoms. The molecule has 1 fully saturated rings. The van der Waals surface area contributed by atoms with Gasteiger partial charge in [-0.05, 0) is 24.6 Å². The molecule has 0 unspecified atom stereocenters. The number of aromatic nitrogens is 5. The van der Waals surface area contributed by atoms with Crippen molar-refractivity contribution in [2.45, 2.75) is 12.5 Å². The summed E-state index contributed by atoms with van der Waals surface area (Å²) >= 11 is 0. The Hall–Kier alpha value is -3.03. The minimum Gasteiger partial charge on any atom is -0.335 e. The molecule has 1 amide bonds. The number of rotatable bonds is 2. The predicted octanol–water partition coefficient (Wildman–Crippen LogP) is 0.602. The van der Waals surface area contributed by atoms with Crippen LogP contribution in [0.1, 0.15) is 23.0 Å². The Balaban J connectivity index is 1.62. The van der Waals surface area contributed by atoms with Gasteiger partial charge in [0.2, 0.25) is 0 Å². The number of pyridine rings is 1. The largest absolute Gasteiger partial charge is 0.335 e. The normalized spacial score (nSPS) is 17.7. The summed E-state index contributed by atoms with van der Waals surface area (Å²) in [7, 11) is 0. The third-order valence-corrected chi connectivity index (χ3v) is 4.09. The molecule has 0 spiro atoms. The fourth-order valence-electron chi connectivity index (χ4n) is 3.01. The van der Waals surface area contributed by atoms with E-state index in [1.165, 1.54) is 6.33 Å². The number of carbonyl (C=O) groups is 1. The number of imidazole rings is 1. The van der Waals surface area contributed by atoms with E-state index in [1.54, 1.807) is 34.0 Å². The maximum absolute atomic E-state index is 12.4. The van der Waals surface area contributed by atoms with Gasteiger partial charge in [0.1, 0.15) is 12.0 Å². The Morgan fingerprint density at radius 3 is 3.00 bits per heavy atom. The predicted molar refractivity (Wildman–Crippen MR) is 81.9 cm³/mol. The standard InChI is InChI=1S/C15H14N6O2/c22-14(12-3-6-16-9-18-12)20-7-4-10(8-20)21-13-11(19-15(21)23)2-1-5-17-13/h1-3,5-6,9-10H,4,7-8H2,(H,19,23)/t10-/m1/s1. The highest BCUT2D eigenvalue weighted by atomic mass is 16.2. The molecule has 0 radical (unpaired) electrons. The first kappa shape index (κ1) is 13.6. The van der Waals surface area contributed by atoms with Crippen LogP contribution in [0.2, 0.25) is 0 Å². The zero-order chi connectivity index (χ0) is 15.8. The number of hydrogen-bond donors (Lipinski definition) is 1. The highest BCUT2D eigenvalue weighted by Gasteiger charge is 2.30. The van der Waals surface area contributed by atoms with E-state index >= 15 is 0 Å². The van der Waals surface area contributed by atoms with E-state index < -0.39 is 0 Å². The monoisotopic (exact) mass is 310 g/mol. The summed E-state index contributed by atoms with van der Waals surface area (Å²) in [5, 5.41) is 0. The van der Waals surface area contributed by atoms with Gasteiger partial charge in [-0.2, -0.15) is 0 Å². The van der Waals surface area contributed by atoms with Crippen molar-refractivity contribution >= 4 is 17.1 Å². The van der Waals surface area contributed by atoms with Crippen LogP contribution < -0.4 is 5.69 Å². The molecule has 1 N–H and O–H groups in total. The van der Waals surface area contributed by atoms with Crippen molar-refractivity contribution in [1.29, 1.82) is 0 Å². The number of aromatic amines is 1. The second kappa shape index (κ2) is 5.31. The van der Waals surface area contributed by atoms with Crippen molar-refractivity contribution in [1.82, 2.24) is 29.4 Å². The summed E-state index contributed by atoms with van der Waals surface area (Å²) in [6, 6.07) is 5.10. The van der Waals surface area contributed by atoms with Crippen molar-refractivity contribution in [3.63, 3.8) is 0 Å². The number of amides is 1. The van der Waals surface area contributed by atoms with Crippen LogP contribution in [0.25, 0.3) is 11.2 Å². The summed E-state index contributed by atoms with van der Waals surface area (Å²) in [5.41, 5.74) is 1.50. The summed E-state index contributed by atoms with van der Waals surface area (Å²) in [6.07, 6.45) is 5.27. The van der Waals surface area contributed by atoms with Gasteiger partial charge in [-0.15, -0.1) is 0 Å². The summed E-state index contributed by atoms with van der Waals surface area (Å²) in [4.78, 5) is 41.2. The van der Waals surface area contributed by atoms with Gasteiger partial charge in [-0.3, -0.25) is 9.36 Å². The average Bonchev–Trinajstić information content (AvgIpc) is 3.18. The van der Waals surface area contributed by atoms with E-state index in [2.05, 4.69) is 19.9 Å². The fraction of sp³-hybridized carbons (Fsp3) is 0.267. The van der Waals surface area contributed by atoms with Crippen LogP contribution >= 0.6 is 0 Å². The zero-order valence-corrected chi connectivity index (χ0v) is 12.2. The molecule has 0 saturated carbocycles. The van der Waals surface area contributed by atoms with E-state index in [0.29, 0.717) is 36.4 Å². The Morgan fingerprint density at radius 2 is 2.17 bits per heavy atom. The molecule has 4 heterocycles. The maximum atomic E-state index is 12.4. The van der Waals surface area contributed by atoms with E-state index in [9.17, 15) is 9.59 Å². The molecule has 1 saturated heterocycles. The van der Waals surface area contributed by atoms with Gasteiger partial charge < -0.3 is 9.88 Å². The second-order valence-electron chi connectivity index (χ2n) is 5.46. The van der Waals surface area contributed by atoms with E-state index in [1.807, 2.05) is 6.07 Å². The molecule has 3 aromatic heterocycles. The minimum atomic E-state index is -0.194. The van der Waals surface area contributed by atoms with Gasteiger partial charge in [0.05, 0.1) is 11.6 Å². The van der Waals surface area contributed by atoms with Crippen molar-refractivity contribution in [3.05, 3.63) is 53.1 Å². The zero-order valence-electron chi connectivity index (χ0n) is 12.2. The van der Waals surface area contributed by atoms with Crippen molar-refractivity contribution in [2.75, 3.05) is 13.1 Å². The van der Waals surface area contributed by atoms with Crippen LogP contribution in [-0.2, 0) is 0 Å². The van der Waals surface area contributed by atoms with Crippen LogP contribution in [0.3, 0.4) is 0 Å². The summed E-state index contributed by atoms with van der Waals surface area (Å²) in [5.74, 6) is -0.143. The summed E-state index contributed by atoms with van der Waals surface area (Å²) < 4.78 is 1.64. The lowest BCUT2D eigenvalue weighted by Crippen LogP contribution is -2.31. The Morgan fingerprint density at radius 1 is 1.26 bits per heavy atom. The topological polar surface area (TPSA) is 96.8 Å². The molecule has 1 atom stereocenters. The van der Waals surface area contributed by atoms with Crippen LogP contribution in [0.5, 0.6) is 0 Å². The smallest absolute Gasteiger partial charge is 0.327 e. The Kier molecular flexibility index (Phi) is 3.14. The molecular formula is C15H14N6O2. The van der Waals surface area contributed by atoms with Gasteiger partial charge in [-0.25, -0.2) is 19.7 Å². The first-order valence-corrected chi connectivity index (χ1v) is 7.34. The fourth-order valence-corrected chi connectivity index (χ4v) is 3.01. The third-order valence-electron chi connectivity index (χ3n) is 4.09. The van der Waals surface area contributed by atoms with Crippen LogP contribution in [0, 0.1) is 0 Å². The van der Waals surface area contributed by atoms with Gasteiger partial charge in [-0.1, -0.05) is 0 Å². The van der Waals surface area contributed by atoms with E-state index in [-0.39, 0.29) is 17.6 Å². The van der Waals surface area contributed by atoms with Crippen LogP contribution in [-0.4, -0.2) is 48.4 Å². The molecule has 23 heavy (non-hydrogen) atoms. The summed E-state index contributed by atoms with van der Waals surface area (Å²) in [6.45, 7) is 1.05. The van der Waals surface area contributed by atoms with Gasteiger partial charge >= 0.3 is 5.69 Å². The highest BCUT2D eigenvalue weighted by Crippen LogP contribution is 2.24. The molecule has 116 valence electrons. The van der Waals surface area contributed by atoms with E-state index in [0.717, 1.165) is 0 Å². The van der Waals surface area contributed by atoms with Gasteiger partial charge in [0.25, 0.3) is 5.91 Å². The van der Waals surface area contributed by atoms with Gasteiger partial charge in [0, 0.05) is 25.5 Å². The molecule has 0 aliphatic carbocycles. The average molecular weight is 310 g/mol. The number of carbonyl (C=O) groups excluding carboxylic acids is 1. The van der Waals surface area contributed by atoms with Crippen molar-refractivity contribution in [3.8, 4) is 0 Å². The molecule has 4 rings (SSSR count). The Bertz CT molecular complexity index is 916. The second-order valence-corrected chi connectivity index (χ2v) is 5.46. The lowest BCUT2D eigenvalue weighted by atomic mass is 10.2. The van der Waals surface area contributed by atoms with Crippen LogP contribution in [0.4, 0.5) is 0 Å². The lowest BCUT2D eigenvalue weighted by molar-refractivity contribution is 0.0781. The molecule has 1 aliphatic heterocycles.